The number of benzene rings is 1. The van der Waals surface area contributed by atoms with E-state index in [1.165, 1.54) is 29.6 Å². The van der Waals surface area contributed by atoms with Gasteiger partial charge in [0.05, 0.1) is 17.5 Å². The summed E-state index contributed by atoms with van der Waals surface area (Å²) in [4.78, 5) is 30.4. The molecule has 1 atom stereocenters. The fourth-order valence-electron chi connectivity index (χ4n) is 7.80. The molecule has 4 aliphatic rings. The molecule has 2 aliphatic heterocycles. The lowest BCUT2D eigenvalue weighted by Crippen LogP contribution is -2.65. The van der Waals surface area contributed by atoms with E-state index in [4.69, 9.17) is 9.47 Å². The number of hydrogen-bond donors (Lipinski definition) is 2. The number of carbonyl (C=O) groups is 1. The second-order valence-corrected chi connectivity index (χ2v) is 14.0. The molecular formula is C35H41F3N6O4. The Morgan fingerprint density at radius 3 is 2.65 bits per heavy atom. The van der Waals surface area contributed by atoms with E-state index in [1.807, 2.05) is 12.3 Å². The number of alkyl halides is 2. The third kappa shape index (κ3) is 6.29. The van der Waals surface area contributed by atoms with Crippen LogP contribution in [0.1, 0.15) is 80.0 Å². The molecular weight excluding hydrogens is 625 g/mol. The number of hydrogen-bond acceptors (Lipinski definition) is 9. The van der Waals surface area contributed by atoms with Crippen molar-refractivity contribution in [1.82, 2.24) is 25.2 Å². The van der Waals surface area contributed by atoms with Crippen molar-refractivity contribution in [3.8, 4) is 17.2 Å². The third-order valence-corrected chi connectivity index (χ3v) is 10.1. The first-order chi connectivity index (χ1) is 23.0. The van der Waals surface area contributed by atoms with Gasteiger partial charge in [0.2, 0.25) is 0 Å². The molecule has 3 fully saturated rings. The second kappa shape index (κ2) is 12.8. The number of anilines is 1. The Morgan fingerprint density at radius 2 is 1.92 bits per heavy atom. The summed E-state index contributed by atoms with van der Waals surface area (Å²) in [6, 6.07) is 4.71. The molecule has 0 bridgehead atoms. The second-order valence-electron chi connectivity index (χ2n) is 14.0. The van der Waals surface area contributed by atoms with E-state index >= 15 is 0 Å². The van der Waals surface area contributed by atoms with Gasteiger partial charge in [-0.25, -0.2) is 23.1 Å². The van der Waals surface area contributed by atoms with Crippen molar-refractivity contribution in [3.05, 3.63) is 65.6 Å². The Balaban J connectivity index is 1.02. The van der Waals surface area contributed by atoms with Crippen LogP contribution in [0.3, 0.4) is 0 Å². The summed E-state index contributed by atoms with van der Waals surface area (Å²) in [6.45, 7) is 5.99. The van der Waals surface area contributed by atoms with Crippen molar-refractivity contribution < 1.29 is 32.5 Å². The van der Waals surface area contributed by atoms with E-state index in [9.17, 15) is 23.1 Å². The Morgan fingerprint density at radius 1 is 1.12 bits per heavy atom. The van der Waals surface area contributed by atoms with Crippen molar-refractivity contribution in [2.24, 2.45) is 5.41 Å². The number of carbonyl (C=O) groups excluding carboxylic acids is 1. The van der Waals surface area contributed by atoms with E-state index in [0.717, 1.165) is 68.4 Å². The van der Waals surface area contributed by atoms with Gasteiger partial charge in [0.25, 0.3) is 11.8 Å². The van der Waals surface area contributed by atoms with Gasteiger partial charge >= 0.3 is 0 Å². The van der Waals surface area contributed by atoms with E-state index in [2.05, 4.69) is 25.2 Å². The van der Waals surface area contributed by atoms with Crippen LogP contribution in [0.15, 0.2) is 43.0 Å². The molecule has 3 aromatic rings. The van der Waals surface area contributed by atoms with Crippen LogP contribution in [0.4, 0.5) is 19.0 Å². The number of halogens is 3. The van der Waals surface area contributed by atoms with Crippen LogP contribution >= 0.6 is 0 Å². The lowest BCUT2D eigenvalue weighted by atomic mass is 9.61. The van der Waals surface area contributed by atoms with E-state index < -0.39 is 36.5 Å². The summed E-state index contributed by atoms with van der Waals surface area (Å²) in [5.41, 5.74) is 2.20. The Bertz CT molecular complexity index is 1650. The maximum Gasteiger partial charge on any atom is 0.258 e. The molecule has 10 nitrogen and oxygen atoms in total. The Hall–Kier alpha value is -3.97. The van der Waals surface area contributed by atoms with Crippen molar-refractivity contribution in [3.63, 3.8) is 0 Å². The monoisotopic (exact) mass is 666 g/mol. The molecule has 4 heterocycles. The van der Waals surface area contributed by atoms with Gasteiger partial charge in [-0.2, -0.15) is 0 Å². The van der Waals surface area contributed by atoms with Crippen molar-refractivity contribution in [2.75, 3.05) is 31.1 Å². The van der Waals surface area contributed by atoms with Gasteiger partial charge < -0.3 is 29.7 Å². The van der Waals surface area contributed by atoms with Crippen LogP contribution in [-0.4, -0.2) is 81.2 Å². The van der Waals surface area contributed by atoms with Crippen LogP contribution < -0.4 is 19.7 Å². The minimum absolute atomic E-state index is 0.0418. The van der Waals surface area contributed by atoms with Gasteiger partial charge in [-0.15, -0.1) is 0 Å². The Kier molecular flexibility index (Phi) is 8.69. The lowest BCUT2D eigenvalue weighted by molar-refractivity contribution is -0.120. The number of amides is 1. The lowest BCUT2D eigenvalue weighted by Gasteiger charge is -2.59. The quantitative estimate of drug-likeness (QED) is 0.276. The normalized spacial score (nSPS) is 21.2. The number of nitrogens with one attached hydrogen (secondary N) is 1. The van der Waals surface area contributed by atoms with Gasteiger partial charge in [-0.1, -0.05) is 0 Å². The number of aliphatic hydroxyl groups excluding tert-OH is 1. The number of aromatic nitrogens is 3. The SMILES string of the molecule is CC(C)N(C(=O)c1cc(F)ccc1Oc1cncnc1N1CC2(CC(Oc3ccnc4c3C(CCCO)NCC4)C2)C1)C1CC(F)(F)C1. The molecule has 1 saturated heterocycles. The van der Waals surface area contributed by atoms with Gasteiger partial charge in [-0.3, -0.25) is 9.78 Å². The average molecular weight is 667 g/mol. The average Bonchev–Trinajstić information content (AvgIpc) is 3.00. The predicted molar refractivity (Wildman–Crippen MR) is 171 cm³/mol. The van der Waals surface area contributed by atoms with Gasteiger partial charge in [0.1, 0.15) is 29.7 Å². The first-order valence-electron chi connectivity index (χ1n) is 16.8. The van der Waals surface area contributed by atoms with Crippen LogP contribution in [0.25, 0.3) is 0 Å². The molecule has 7 rings (SSSR count). The number of pyridine rings is 1. The molecule has 256 valence electrons. The molecule has 0 radical (unpaired) electrons. The predicted octanol–water partition coefficient (Wildman–Crippen LogP) is 5.46. The van der Waals surface area contributed by atoms with Gasteiger partial charge in [0.15, 0.2) is 11.6 Å². The number of rotatable bonds is 11. The molecule has 1 unspecified atom stereocenters. The molecule has 2 N–H and O–H groups in total. The standard InChI is InChI=1S/C35H41F3N6O4/c1-21(2)44(23-13-35(37,38)14-23)33(46)25-12-22(36)5-6-28(25)48-30-17-39-20-42-32(30)43-18-34(19-43)15-24(16-34)47-29-8-10-41-27-7-9-40-26(31(27)29)4-3-11-45/h5-6,8,10,12,17,20-21,23-24,26,40,45H,3-4,7,9,11,13-16,18-19H2,1-2H3. The highest BCUT2D eigenvalue weighted by Crippen LogP contribution is 2.52. The number of aliphatic hydroxyl groups is 1. The summed E-state index contributed by atoms with van der Waals surface area (Å²) in [5.74, 6) is -2.16. The summed E-state index contributed by atoms with van der Waals surface area (Å²) in [5, 5.41) is 12.9. The van der Waals surface area contributed by atoms with E-state index in [-0.39, 0.29) is 41.5 Å². The summed E-state index contributed by atoms with van der Waals surface area (Å²) in [6.07, 6.45) is 8.14. The first-order valence-corrected chi connectivity index (χ1v) is 16.8. The molecule has 1 amide bonds. The van der Waals surface area contributed by atoms with Crippen molar-refractivity contribution >= 4 is 11.7 Å². The molecule has 2 aromatic heterocycles. The van der Waals surface area contributed by atoms with Crippen LogP contribution in [0, 0.1) is 11.2 Å². The Labute approximate surface area is 277 Å². The highest BCUT2D eigenvalue weighted by atomic mass is 19.3. The number of ether oxygens (including phenoxy) is 2. The minimum Gasteiger partial charge on any atom is -0.490 e. The zero-order valence-corrected chi connectivity index (χ0v) is 27.2. The fraction of sp³-hybridized carbons (Fsp3) is 0.543. The maximum absolute atomic E-state index is 14.4. The molecule has 48 heavy (non-hydrogen) atoms. The third-order valence-electron chi connectivity index (χ3n) is 10.1. The smallest absolute Gasteiger partial charge is 0.258 e. The van der Waals surface area contributed by atoms with E-state index in [1.54, 1.807) is 13.8 Å². The fourth-order valence-corrected chi connectivity index (χ4v) is 7.80. The zero-order valence-electron chi connectivity index (χ0n) is 27.2. The topological polar surface area (TPSA) is 113 Å². The summed E-state index contributed by atoms with van der Waals surface area (Å²) >= 11 is 0. The van der Waals surface area contributed by atoms with Crippen molar-refractivity contribution in [2.45, 2.75) is 88.9 Å². The van der Waals surface area contributed by atoms with Crippen LogP contribution in [-0.2, 0) is 6.42 Å². The molecule has 1 aromatic carbocycles. The largest absolute Gasteiger partial charge is 0.490 e. The molecule has 1 spiro atoms. The maximum atomic E-state index is 14.4. The first kappa shape index (κ1) is 32.6. The molecule has 2 aliphatic carbocycles. The van der Waals surface area contributed by atoms with Gasteiger partial charge in [0, 0.05) is 80.8 Å². The minimum atomic E-state index is -2.81. The molecule has 13 heteroatoms. The highest BCUT2D eigenvalue weighted by molar-refractivity contribution is 5.97. The number of fused-ring (bicyclic) bond motifs is 1. The van der Waals surface area contributed by atoms with Crippen LogP contribution in [0.5, 0.6) is 17.2 Å². The summed E-state index contributed by atoms with van der Waals surface area (Å²) in [7, 11) is 0. The van der Waals surface area contributed by atoms with Crippen LogP contribution in [0.2, 0.25) is 0 Å². The summed E-state index contributed by atoms with van der Waals surface area (Å²) < 4.78 is 54.6. The highest BCUT2D eigenvalue weighted by Gasteiger charge is 2.55. The van der Waals surface area contributed by atoms with E-state index in [0.29, 0.717) is 18.0 Å². The van der Waals surface area contributed by atoms with Gasteiger partial charge in [-0.05, 0) is 63.8 Å². The molecule has 2 saturated carbocycles. The van der Waals surface area contributed by atoms with Crippen molar-refractivity contribution in [1.29, 1.82) is 0 Å². The zero-order chi connectivity index (χ0) is 33.6. The number of nitrogens with zero attached hydrogens (tertiary/aromatic N) is 5.